The van der Waals surface area contributed by atoms with Crippen molar-refractivity contribution in [3.63, 3.8) is 0 Å². The first-order valence-electron chi connectivity index (χ1n) is 15.9. The Labute approximate surface area is 300 Å². The van der Waals surface area contributed by atoms with Crippen LogP contribution < -0.4 is 25.4 Å². The number of thioether (sulfide) groups is 1. The molecule has 0 fully saturated rings. The molecule has 1 atom stereocenters. The van der Waals surface area contributed by atoms with Crippen LogP contribution in [-0.4, -0.2) is 42.2 Å². The number of anilines is 2. The number of rotatable bonds is 13. The lowest BCUT2D eigenvalue weighted by atomic mass is 10.0. The van der Waals surface area contributed by atoms with Crippen molar-refractivity contribution in [3.05, 3.63) is 125 Å². The van der Waals surface area contributed by atoms with Gasteiger partial charge in [-0.3, -0.25) is 14.4 Å². The Morgan fingerprint density at radius 1 is 0.820 bits per heavy atom. The van der Waals surface area contributed by atoms with Crippen molar-refractivity contribution in [1.29, 1.82) is 0 Å². The standard InChI is InChI=1S/C39H38N4O5S2/c1-24(2)27-16-14-26(15-17-27)20-32(41-37(45)28-10-7-6-8-11-28)38(46)40-30-12-9-13-31(22-30)50-25(3)36(44)43-39-42-33(23-49-39)29-18-19-34(47-4)35(21-29)48-5/h6-25H,1-5H3,(H,40,46)(H,41,45)(H,42,43,44)/b32-20+. The largest absolute Gasteiger partial charge is 0.493 e. The molecule has 256 valence electrons. The molecule has 1 heterocycles. The van der Waals surface area contributed by atoms with Gasteiger partial charge in [-0.2, -0.15) is 0 Å². The Morgan fingerprint density at radius 3 is 2.26 bits per heavy atom. The van der Waals surface area contributed by atoms with Gasteiger partial charge in [0, 0.05) is 27.1 Å². The van der Waals surface area contributed by atoms with Gasteiger partial charge in [0.15, 0.2) is 16.6 Å². The molecule has 4 aromatic carbocycles. The number of carbonyl (C=O) groups excluding carboxylic acids is 3. The SMILES string of the molecule is COc1ccc(-c2csc(NC(=O)C(C)Sc3cccc(NC(=O)/C(=C\c4ccc(C(C)C)cc4)NC(=O)c4ccccc4)c3)n2)cc1OC. The van der Waals surface area contributed by atoms with E-state index < -0.39 is 17.1 Å². The summed E-state index contributed by atoms with van der Waals surface area (Å²) in [6.07, 6.45) is 1.65. The zero-order valence-corrected chi connectivity index (χ0v) is 30.0. The molecule has 0 saturated heterocycles. The lowest BCUT2D eigenvalue weighted by Crippen LogP contribution is -2.30. The molecule has 3 amide bonds. The van der Waals surface area contributed by atoms with Crippen molar-refractivity contribution < 1.29 is 23.9 Å². The van der Waals surface area contributed by atoms with Gasteiger partial charge < -0.3 is 25.4 Å². The van der Waals surface area contributed by atoms with Gasteiger partial charge in [-0.1, -0.05) is 62.4 Å². The first-order chi connectivity index (χ1) is 24.1. The summed E-state index contributed by atoms with van der Waals surface area (Å²) in [5, 5.41) is 10.5. The number of amides is 3. The number of hydrogen-bond donors (Lipinski definition) is 3. The average Bonchev–Trinajstić information content (AvgIpc) is 3.60. The second kappa shape index (κ2) is 16.8. The molecule has 0 aliphatic heterocycles. The van der Waals surface area contributed by atoms with Gasteiger partial charge in [0.1, 0.15) is 5.70 Å². The maximum Gasteiger partial charge on any atom is 0.272 e. The number of aromatic nitrogens is 1. The van der Waals surface area contributed by atoms with Crippen molar-refractivity contribution in [3.8, 4) is 22.8 Å². The van der Waals surface area contributed by atoms with E-state index in [9.17, 15) is 14.4 Å². The number of thiazole rings is 1. The fraction of sp³-hybridized carbons (Fsp3) is 0.179. The Morgan fingerprint density at radius 2 is 1.56 bits per heavy atom. The van der Waals surface area contributed by atoms with E-state index in [-0.39, 0.29) is 11.6 Å². The first kappa shape index (κ1) is 35.9. The van der Waals surface area contributed by atoms with Gasteiger partial charge in [-0.15, -0.1) is 23.1 Å². The van der Waals surface area contributed by atoms with Crippen LogP contribution in [0.25, 0.3) is 17.3 Å². The monoisotopic (exact) mass is 706 g/mol. The molecule has 0 aliphatic rings. The van der Waals surface area contributed by atoms with E-state index >= 15 is 0 Å². The molecule has 0 bridgehead atoms. The molecule has 11 heteroatoms. The van der Waals surface area contributed by atoms with Crippen LogP contribution in [0.3, 0.4) is 0 Å². The van der Waals surface area contributed by atoms with Gasteiger partial charge >= 0.3 is 0 Å². The maximum absolute atomic E-state index is 13.6. The van der Waals surface area contributed by atoms with Gasteiger partial charge in [0.25, 0.3) is 11.8 Å². The summed E-state index contributed by atoms with van der Waals surface area (Å²) in [5.41, 5.74) is 4.53. The van der Waals surface area contributed by atoms with Crippen LogP contribution in [0.1, 0.15) is 48.2 Å². The molecule has 0 radical (unpaired) electrons. The number of carbonyl (C=O) groups is 3. The van der Waals surface area contributed by atoms with Crippen LogP contribution in [0.15, 0.2) is 113 Å². The highest BCUT2D eigenvalue weighted by molar-refractivity contribution is 8.00. The fourth-order valence-corrected chi connectivity index (χ4v) is 6.50. The van der Waals surface area contributed by atoms with E-state index in [2.05, 4.69) is 34.8 Å². The van der Waals surface area contributed by atoms with Crippen LogP contribution in [0.2, 0.25) is 0 Å². The number of nitrogens with zero attached hydrogens (tertiary/aromatic N) is 1. The Balaban J connectivity index is 1.25. The number of benzene rings is 4. The second-order valence-corrected chi connectivity index (χ2v) is 13.8. The number of hydrogen-bond acceptors (Lipinski definition) is 8. The zero-order valence-electron chi connectivity index (χ0n) is 28.4. The minimum absolute atomic E-state index is 0.0952. The van der Waals surface area contributed by atoms with Crippen molar-refractivity contribution >= 4 is 57.7 Å². The summed E-state index contributed by atoms with van der Waals surface area (Å²) >= 11 is 2.68. The lowest BCUT2D eigenvalue weighted by Gasteiger charge is -2.14. The van der Waals surface area contributed by atoms with Crippen LogP contribution >= 0.6 is 23.1 Å². The lowest BCUT2D eigenvalue weighted by molar-refractivity contribution is -0.115. The summed E-state index contributed by atoms with van der Waals surface area (Å²) in [7, 11) is 3.15. The second-order valence-electron chi connectivity index (χ2n) is 11.5. The van der Waals surface area contributed by atoms with E-state index in [1.165, 1.54) is 28.7 Å². The molecule has 1 unspecified atom stereocenters. The van der Waals surface area contributed by atoms with Crippen molar-refractivity contribution in [2.75, 3.05) is 24.9 Å². The predicted octanol–water partition coefficient (Wildman–Crippen LogP) is 8.48. The van der Waals surface area contributed by atoms with Gasteiger partial charge in [-0.25, -0.2) is 4.98 Å². The summed E-state index contributed by atoms with van der Waals surface area (Å²) in [5.74, 6) is 0.481. The summed E-state index contributed by atoms with van der Waals surface area (Å²) < 4.78 is 10.7. The minimum atomic E-state index is -0.482. The van der Waals surface area contributed by atoms with Crippen LogP contribution in [0.5, 0.6) is 11.5 Å². The van der Waals surface area contributed by atoms with E-state index in [1.807, 2.05) is 60.0 Å². The maximum atomic E-state index is 13.6. The number of methoxy groups -OCH3 is 2. The Kier molecular flexibility index (Phi) is 12.1. The molecule has 0 aliphatic carbocycles. The highest BCUT2D eigenvalue weighted by atomic mass is 32.2. The van der Waals surface area contributed by atoms with Crippen molar-refractivity contribution in [2.45, 2.75) is 36.8 Å². The highest BCUT2D eigenvalue weighted by Gasteiger charge is 2.19. The Bertz CT molecular complexity index is 1990. The van der Waals surface area contributed by atoms with Gasteiger partial charge in [0.05, 0.1) is 25.2 Å². The zero-order chi connectivity index (χ0) is 35.6. The third-order valence-corrected chi connectivity index (χ3v) is 9.48. The van der Waals surface area contributed by atoms with Crippen molar-refractivity contribution in [1.82, 2.24) is 10.3 Å². The number of nitrogens with one attached hydrogen (secondary N) is 3. The van der Waals surface area contributed by atoms with Crippen LogP contribution in [0, 0.1) is 0 Å². The molecule has 5 aromatic rings. The molecule has 0 saturated carbocycles. The first-order valence-corrected chi connectivity index (χ1v) is 17.6. The topological polar surface area (TPSA) is 119 Å². The highest BCUT2D eigenvalue weighted by Crippen LogP contribution is 2.34. The predicted molar refractivity (Wildman–Crippen MR) is 202 cm³/mol. The average molecular weight is 707 g/mol. The quantitative estimate of drug-likeness (QED) is 0.0830. The van der Waals surface area contributed by atoms with Crippen molar-refractivity contribution in [2.24, 2.45) is 0 Å². The molecule has 5 rings (SSSR count). The molecule has 1 aromatic heterocycles. The van der Waals surface area contributed by atoms with Gasteiger partial charge in [0.2, 0.25) is 5.91 Å². The van der Waals surface area contributed by atoms with E-state index in [0.717, 1.165) is 16.0 Å². The molecule has 0 spiro atoms. The third-order valence-electron chi connectivity index (χ3n) is 7.63. The molecule has 3 N–H and O–H groups in total. The fourth-order valence-electron chi connectivity index (χ4n) is 4.86. The van der Waals surface area contributed by atoms with Crippen LogP contribution in [0.4, 0.5) is 10.8 Å². The molecular weight excluding hydrogens is 669 g/mol. The summed E-state index contributed by atoms with van der Waals surface area (Å²) in [4.78, 5) is 45.1. The van der Waals surface area contributed by atoms with E-state index in [1.54, 1.807) is 69.7 Å². The Hall–Kier alpha value is -5.39. The normalized spacial score (nSPS) is 11.8. The van der Waals surface area contributed by atoms with E-state index in [4.69, 9.17) is 9.47 Å². The molecular formula is C39H38N4O5S2. The summed E-state index contributed by atoms with van der Waals surface area (Å²) in [6, 6.07) is 29.3. The molecule has 50 heavy (non-hydrogen) atoms. The smallest absolute Gasteiger partial charge is 0.272 e. The van der Waals surface area contributed by atoms with E-state index in [0.29, 0.717) is 39.5 Å². The molecule has 9 nitrogen and oxygen atoms in total. The summed E-state index contributed by atoms with van der Waals surface area (Å²) in [6.45, 7) is 6.03. The van der Waals surface area contributed by atoms with Gasteiger partial charge in [-0.05, 0) is 78.6 Å². The van der Waals surface area contributed by atoms with Crippen LogP contribution in [-0.2, 0) is 9.59 Å². The minimum Gasteiger partial charge on any atom is -0.493 e. The number of ether oxygens (including phenoxy) is 2. The third kappa shape index (κ3) is 9.40.